The minimum absolute atomic E-state index is 0.119. The molecule has 4 heteroatoms. The molecule has 2 saturated carbocycles. The summed E-state index contributed by atoms with van der Waals surface area (Å²) in [6, 6.07) is 0.429. The summed E-state index contributed by atoms with van der Waals surface area (Å²) in [5, 5.41) is 7.11. The fourth-order valence-electron chi connectivity index (χ4n) is 2.68. The van der Waals surface area contributed by atoms with E-state index in [2.05, 4.69) is 10.5 Å². The van der Waals surface area contributed by atoms with Crippen molar-refractivity contribution < 1.29 is 9.32 Å². The number of nitrogens with zero attached hydrogens (tertiary/aromatic N) is 1. The van der Waals surface area contributed by atoms with E-state index < -0.39 is 0 Å². The van der Waals surface area contributed by atoms with Gasteiger partial charge in [-0.2, -0.15) is 0 Å². The Labute approximate surface area is 107 Å². The van der Waals surface area contributed by atoms with Crippen LogP contribution in [0.25, 0.3) is 0 Å². The lowest BCUT2D eigenvalue weighted by atomic mass is 10.1. The maximum atomic E-state index is 12.1. The van der Waals surface area contributed by atoms with Crippen molar-refractivity contribution in [2.45, 2.75) is 52.0 Å². The summed E-state index contributed by atoms with van der Waals surface area (Å²) in [6.07, 6.45) is 5.54. The average Bonchev–Trinajstić information content (AvgIpc) is 3.23. The maximum absolute atomic E-state index is 12.1. The predicted octanol–water partition coefficient (Wildman–Crippen LogP) is 2.14. The second kappa shape index (κ2) is 4.41. The van der Waals surface area contributed by atoms with Gasteiger partial charge in [-0.15, -0.1) is 0 Å². The van der Waals surface area contributed by atoms with Crippen molar-refractivity contribution in [3.63, 3.8) is 0 Å². The highest BCUT2D eigenvalue weighted by molar-refractivity contribution is 5.79. The van der Waals surface area contributed by atoms with Crippen LogP contribution in [0.4, 0.5) is 0 Å². The normalized spacial score (nSPS) is 19.3. The van der Waals surface area contributed by atoms with Crippen molar-refractivity contribution >= 4 is 5.91 Å². The molecule has 0 atom stereocenters. The Balaban J connectivity index is 1.61. The largest absolute Gasteiger partial charge is 0.361 e. The van der Waals surface area contributed by atoms with Gasteiger partial charge in [0.1, 0.15) is 5.76 Å². The fourth-order valence-corrected chi connectivity index (χ4v) is 2.68. The highest BCUT2D eigenvalue weighted by Crippen LogP contribution is 2.44. The smallest absolute Gasteiger partial charge is 0.224 e. The van der Waals surface area contributed by atoms with E-state index in [4.69, 9.17) is 4.52 Å². The first-order chi connectivity index (χ1) is 8.65. The van der Waals surface area contributed by atoms with Crippen LogP contribution in [0.1, 0.15) is 42.7 Å². The Morgan fingerprint density at radius 1 is 1.33 bits per heavy atom. The summed E-state index contributed by atoms with van der Waals surface area (Å²) in [5.41, 5.74) is 1.77. The van der Waals surface area contributed by atoms with Crippen LogP contribution < -0.4 is 5.32 Å². The molecule has 0 unspecified atom stereocenters. The molecule has 98 valence electrons. The summed E-state index contributed by atoms with van der Waals surface area (Å²) < 4.78 is 5.09. The second-order valence-corrected chi connectivity index (χ2v) is 5.75. The van der Waals surface area contributed by atoms with Gasteiger partial charge in [-0.05, 0) is 51.4 Å². The quantitative estimate of drug-likeness (QED) is 0.868. The fraction of sp³-hybridized carbons (Fsp3) is 0.714. The molecule has 1 heterocycles. The third-order valence-electron chi connectivity index (χ3n) is 4.11. The van der Waals surface area contributed by atoms with Crippen LogP contribution in [0.3, 0.4) is 0 Å². The average molecular weight is 248 g/mol. The predicted molar refractivity (Wildman–Crippen MR) is 67.1 cm³/mol. The van der Waals surface area contributed by atoms with Crippen molar-refractivity contribution in [3.8, 4) is 0 Å². The first kappa shape index (κ1) is 11.8. The molecule has 4 nitrogen and oxygen atoms in total. The van der Waals surface area contributed by atoms with Gasteiger partial charge in [-0.25, -0.2) is 0 Å². The van der Waals surface area contributed by atoms with E-state index in [1.807, 2.05) is 13.8 Å². The van der Waals surface area contributed by atoms with Crippen LogP contribution in [0, 0.1) is 25.7 Å². The molecule has 2 aliphatic rings. The number of hydrogen-bond acceptors (Lipinski definition) is 3. The third-order valence-corrected chi connectivity index (χ3v) is 4.11. The third kappa shape index (κ3) is 2.42. The zero-order chi connectivity index (χ0) is 12.7. The molecule has 1 aromatic rings. The summed E-state index contributed by atoms with van der Waals surface area (Å²) in [4.78, 5) is 12.1. The minimum Gasteiger partial charge on any atom is -0.361 e. The van der Waals surface area contributed by atoms with E-state index in [0.29, 0.717) is 12.5 Å². The Morgan fingerprint density at radius 3 is 2.39 bits per heavy atom. The van der Waals surface area contributed by atoms with Gasteiger partial charge in [0, 0.05) is 11.6 Å². The minimum atomic E-state index is 0.119. The number of rotatable bonds is 5. The van der Waals surface area contributed by atoms with Gasteiger partial charge in [0.25, 0.3) is 0 Å². The van der Waals surface area contributed by atoms with Gasteiger partial charge >= 0.3 is 0 Å². The van der Waals surface area contributed by atoms with Gasteiger partial charge in [-0.3, -0.25) is 4.79 Å². The van der Waals surface area contributed by atoms with Gasteiger partial charge in [0.2, 0.25) is 5.91 Å². The van der Waals surface area contributed by atoms with Gasteiger partial charge in [0.15, 0.2) is 0 Å². The number of aromatic nitrogens is 1. The molecule has 0 spiro atoms. The highest BCUT2D eigenvalue weighted by Gasteiger charge is 2.42. The summed E-state index contributed by atoms with van der Waals surface area (Å²) >= 11 is 0. The number of nitrogens with one attached hydrogen (secondary N) is 1. The molecule has 18 heavy (non-hydrogen) atoms. The molecule has 0 saturated heterocycles. The molecule has 3 rings (SSSR count). The lowest BCUT2D eigenvalue weighted by molar-refractivity contribution is -0.121. The number of hydrogen-bond donors (Lipinski definition) is 1. The zero-order valence-corrected chi connectivity index (χ0v) is 11.0. The van der Waals surface area contributed by atoms with Crippen LogP contribution in [0.2, 0.25) is 0 Å². The van der Waals surface area contributed by atoms with Gasteiger partial charge in [-0.1, -0.05) is 5.16 Å². The van der Waals surface area contributed by atoms with Crippen LogP contribution in [0.15, 0.2) is 4.52 Å². The standard InChI is InChI=1S/C14H20N2O2/c1-8-12(9(2)18-16-8)7-13(17)15-14(10-3-4-10)11-5-6-11/h10-11,14H,3-7H2,1-2H3,(H,15,17). The molecule has 0 radical (unpaired) electrons. The van der Waals surface area contributed by atoms with E-state index in [-0.39, 0.29) is 5.91 Å². The van der Waals surface area contributed by atoms with E-state index >= 15 is 0 Å². The van der Waals surface area contributed by atoms with E-state index in [1.165, 1.54) is 25.7 Å². The first-order valence-corrected chi connectivity index (χ1v) is 6.86. The maximum Gasteiger partial charge on any atom is 0.224 e. The van der Waals surface area contributed by atoms with Gasteiger partial charge < -0.3 is 9.84 Å². The summed E-state index contributed by atoms with van der Waals surface area (Å²) in [5.74, 6) is 2.36. The molecular weight excluding hydrogens is 228 g/mol. The lowest BCUT2D eigenvalue weighted by Crippen LogP contribution is -2.39. The molecular formula is C14H20N2O2. The van der Waals surface area contributed by atoms with Crippen molar-refractivity contribution in [1.82, 2.24) is 10.5 Å². The van der Waals surface area contributed by atoms with Crippen LogP contribution in [-0.4, -0.2) is 17.1 Å². The Hall–Kier alpha value is -1.32. The monoisotopic (exact) mass is 248 g/mol. The van der Waals surface area contributed by atoms with E-state index in [1.54, 1.807) is 0 Å². The Kier molecular flexibility index (Phi) is 2.88. The Morgan fingerprint density at radius 2 is 1.94 bits per heavy atom. The van der Waals surface area contributed by atoms with Crippen LogP contribution in [0.5, 0.6) is 0 Å². The molecule has 1 N–H and O–H groups in total. The summed E-state index contributed by atoms with van der Waals surface area (Å²) in [7, 11) is 0. The Bertz CT molecular complexity index is 427. The van der Waals surface area contributed by atoms with Crippen LogP contribution in [-0.2, 0) is 11.2 Å². The van der Waals surface area contributed by atoms with Gasteiger partial charge in [0.05, 0.1) is 12.1 Å². The van der Waals surface area contributed by atoms with Crippen molar-refractivity contribution in [2.75, 3.05) is 0 Å². The number of carbonyl (C=O) groups is 1. The zero-order valence-electron chi connectivity index (χ0n) is 11.0. The van der Waals surface area contributed by atoms with Crippen molar-refractivity contribution in [3.05, 3.63) is 17.0 Å². The molecule has 1 amide bonds. The number of aryl methyl sites for hydroxylation is 2. The van der Waals surface area contributed by atoms with Crippen molar-refractivity contribution in [1.29, 1.82) is 0 Å². The highest BCUT2D eigenvalue weighted by atomic mass is 16.5. The first-order valence-electron chi connectivity index (χ1n) is 6.86. The van der Waals surface area contributed by atoms with E-state index in [0.717, 1.165) is 28.9 Å². The van der Waals surface area contributed by atoms with E-state index in [9.17, 15) is 4.79 Å². The molecule has 0 aliphatic heterocycles. The lowest BCUT2D eigenvalue weighted by Gasteiger charge is -2.17. The van der Waals surface area contributed by atoms with Crippen molar-refractivity contribution in [2.24, 2.45) is 11.8 Å². The SMILES string of the molecule is Cc1noc(C)c1CC(=O)NC(C1CC1)C1CC1. The topological polar surface area (TPSA) is 55.1 Å². The molecule has 2 fully saturated rings. The molecule has 0 aromatic carbocycles. The summed E-state index contributed by atoms with van der Waals surface area (Å²) in [6.45, 7) is 3.75. The second-order valence-electron chi connectivity index (χ2n) is 5.75. The molecule has 2 aliphatic carbocycles. The molecule has 1 aromatic heterocycles. The number of amides is 1. The van der Waals surface area contributed by atoms with Crippen LogP contribution >= 0.6 is 0 Å². The molecule has 0 bridgehead atoms. The number of carbonyl (C=O) groups excluding carboxylic acids is 1.